The molecule has 6 nitrogen and oxygen atoms in total. The van der Waals surface area contributed by atoms with Crippen molar-refractivity contribution in [3.8, 4) is 5.69 Å². The Morgan fingerprint density at radius 3 is 2.63 bits per heavy atom. The lowest BCUT2D eigenvalue weighted by Gasteiger charge is -2.10. The van der Waals surface area contributed by atoms with E-state index in [0.29, 0.717) is 11.4 Å². The zero-order valence-electron chi connectivity index (χ0n) is 10.5. The molecular weight excluding hydrogens is 246 g/mol. The summed E-state index contributed by atoms with van der Waals surface area (Å²) in [6.45, 7) is 3.26. The number of carbonyl (C=O) groups is 2. The molecule has 1 aromatic carbocycles. The Morgan fingerprint density at radius 2 is 2.11 bits per heavy atom. The Labute approximate surface area is 109 Å². The molecule has 2 N–H and O–H groups in total. The summed E-state index contributed by atoms with van der Waals surface area (Å²) in [7, 11) is 0. The van der Waals surface area contributed by atoms with E-state index in [4.69, 9.17) is 5.11 Å². The molecule has 0 fully saturated rings. The third-order valence-corrected chi connectivity index (χ3v) is 2.51. The number of aromatic carboxylic acids is 1. The van der Waals surface area contributed by atoms with Gasteiger partial charge in [0.05, 0.1) is 23.1 Å². The van der Waals surface area contributed by atoms with Crippen molar-refractivity contribution in [2.24, 2.45) is 0 Å². The van der Waals surface area contributed by atoms with Gasteiger partial charge in [-0.2, -0.15) is 5.10 Å². The van der Waals surface area contributed by atoms with Crippen LogP contribution in [0.4, 0.5) is 5.69 Å². The fraction of sp³-hybridized carbons (Fsp3) is 0.154. The molecule has 0 atom stereocenters. The lowest BCUT2D eigenvalue weighted by molar-refractivity contribution is -0.114. The summed E-state index contributed by atoms with van der Waals surface area (Å²) in [6, 6.07) is 4.50. The number of carboxylic acids is 1. The van der Waals surface area contributed by atoms with Crippen LogP contribution in [-0.2, 0) is 4.79 Å². The van der Waals surface area contributed by atoms with E-state index < -0.39 is 5.97 Å². The Morgan fingerprint density at radius 1 is 1.37 bits per heavy atom. The van der Waals surface area contributed by atoms with Gasteiger partial charge in [0.25, 0.3) is 0 Å². The molecule has 0 aliphatic heterocycles. The second kappa shape index (κ2) is 4.93. The molecule has 0 aliphatic rings. The monoisotopic (exact) mass is 259 g/mol. The third kappa shape index (κ3) is 2.79. The summed E-state index contributed by atoms with van der Waals surface area (Å²) in [6.07, 6.45) is 3.48. The molecule has 0 saturated heterocycles. The first-order valence-electron chi connectivity index (χ1n) is 5.64. The van der Waals surface area contributed by atoms with Gasteiger partial charge in [0.1, 0.15) is 0 Å². The van der Waals surface area contributed by atoms with Crippen molar-refractivity contribution in [3.05, 3.63) is 41.7 Å². The maximum atomic E-state index is 11.2. The summed E-state index contributed by atoms with van der Waals surface area (Å²) in [5.74, 6) is -1.32. The number of anilines is 1. The molecule has 2 aromatic rings. The van der Waals surface area contributed by atoms with E-state index >= 15 is 0 Å². The molecule has 98 valence electrons. The molecule has 0 saturated carbocycles. The molecule has 1 amide bonds. The van der Waals surface area contributed by atoms with Crippen molar-refractivity contribution < 1.29 is 14.7 Å². The van der Waals surface area contributed by atoms with Crippen LogP contribution < -0.4 is 5.32 Å². The zero-order chi connectivity index (χ0) is 14.0. The lowest BCUT2D eigenvalue weighted by atomic mass is 10.1. The highest BCUT2D eigenvalue weighted by Gasteiger charge is 2.11. The topological polar surface area (TPSA) is 84.2 Å². The average molecular weight is 259 g/mol. The highest BCUT2D eigenvalue weighted by molar-refractivity contribution is 5.95. The van der Waals surface area contributed by atoms with Crippen LogP contribution in [0.5, 0.6) is 0 Å². The van der Waals surface area contributed by atoms with Gasteiger partial charge in [-0.05, 0) is 30.7 Å². The number of aryl methyl sites for hydroxylation is 1. The number of hydrogen-bond acceptors (Lipinski definition) is 3. The Balaban J connectivity index is 2.53. The minimum atomic E-state index is -1.05. The number of carboxylic acid groups (broad SMARTS) is 1. The molecule has 2 rings (SSSR count). The standard InChI is InChI=1S/C13H13N3O3/c1-8-6-14-16(7-8)12-4-3-10(13(18)19)5-11(12)15-9(2)17/h3-7H,1-2H3,(H,15,17)(H,18,19). The minimum Gasteiger partial charge on any atom is -0.478 e. The Bertz CT molecular complexity index is 646. The van der Waals surface area contributed by atoms with Gasteiger partial charge in [-0.1, -0.05) is 0 Å². The summed E-state index contributed by atoms with van der Waals surface area (Å²) >= 11 is 0. The number of aromatic nitrogens is 2. The van der Waals surface area contributed by atoms with Crippen molar-refractivity contribution in [1.29, 1.82) is 0 Å². The van der Waals surface area contributed by atoms with Gasteiger partial charge in [-0.15, -0.1) is 0 Å². The first-order chi connectivity index (χ1) is 8.97. The third-order valence-electron chi connectivity index (χ3n) is 2.51. The first kappa shape index (κ1) is 12.8. The summed E-state index contributed by atoms with van der Waals surface area (Å²) < 4.78 is 1.59. The van der Waals surface area contributed by atoms with Crippen molar-refractivity contribution in [3.63, 3.8) is 0 Å². The summed E-state index contributed by atoms with van der Waals surface area (Å²) in [5, 5.41) is 15.7. The Hall–Kier alpha value is -2.63. The van der Waals surface area contributed by atoms with Crippen molar-refractivity contribution in [2.45, 2.75) is 13.8 Å². The van der Waals surface area contributed by atoms with Gasteiger partial charge >= 0.3 is 5.97 Å². The van der Waals surface area contributed by atoms with E-state index in [2.05, 4.69) is 10.4 Å². The van der Waals surface area contributed by atoms with Crippen molar-refractivity contribution >= 4 is 17.6 Å². The van der Waals surface area contributed by atoms with Crippen molar-refractivity contribution in [1.82, 2.24) is 9.78 Å². The fourth-order valence-corrected chi connectivity index (χ4v) is 1.70. The SMILES string of the molecule is CC(=O)Nc1cc(C(=O)O)ccc1-n1cc(C)cn1. The van der Waals surface area contributed by atoms with E-state index in [0.717, 1.165) is 5.56 Å². The zero-order valence-corrected chi connectivity index (χ0v) is 10.5. The number of rotatable bonds is 3. The second-order valence-electron chi connectivity index (χ2n) is 4.18. The average Bonchev–Trinajstić information content (AvgIpc) is 2.74. The lowest BCUT2D eigenvalue weighted by Crippen LogP contribution is -2.11. The molecular formula is C13H13N3O3. The summed E-state index contributed by atoms with van der Waals surface area (Å²) in [4.78, 5) is 22.2. The van der Waals surface area contributed by atoms with Gasteiger partial charge in [0.15, 0.2) is 0 Å². The van der Waals surface area contributed by atoms with Crippen LogP contribution >= 0.6 is 0 Å². The van der Waals surface area contributed by atoms with Crippen LogP contribution in [0.3, 0.4) is 0 Å². The second-order valence-corrected chi connectivity index (χ2v) is 4.18. The van der Waals surface area contributed by atoms with Crippen LogP contribution in [0, 0.1) is 6.92 Å². The van der Waals surface area contributed by atoms with E-state index in [1.165, 1.54) is 19.1 Å². The number of nitrogens with zero attached hydrogens (tertiary/aromatic N) is 2. The Kier molecular flexibility index (Phi) is 3.33. The largest absolute Gasteiger partial charge is 0.478 e. The van der Waals surface area contributed by atoms with Gasteiger partial charge < -0.3 is 10.4 Å². The number of carbonyl (C=O) groups excluding carboxylic acids is 1. The van der Waals surface area contributed by atoms with E-state index in [1.54, 1.807) is 23.1 Å². The normalized spacial score (nSPS) is 10.2. The first-order valence-corrected chi connectivity index (χ1v) is 5.64. The molecule has 0 aliphatic carbocycles. The summed E-state index contributed by atoms with van der Waals surface area (Å²) in [5.41, 5.74) is 2.11. The molecule has 19 heavy (non-hydrogen) atoms. The number of benzene rings is 1. The molecule has 0 bridgehead atoms. The van der Waals surface area contributed by atoms with Crippen molar-refractivity contribution in [2.75, 3.05) is 5.32 Å². The highest BCUT2D eigenvalue weighted by Crippen LogP contribution is 2.22. The molecule has 6 heteroatoms. The van der Waals surface area contributed by atoms with Gasteiger partial charge in [0, 0.05) is 13.1 Å². The van der Waals surface area contributed by atoms with Crippen LogP contribution in [0.2, 0.25) is 0 Å². The number of nitrogens with one attached hydrogen (secondary N) is 1. The predicted octanol–water partition coefficient (Wildman–Crippen LogP) is 1.84. The van der Waals surface area contributed by atoms with Gasteiger partial charge in [-0.3, -0.25) is 4.79 Å². The van der Waals surface area contributed by atoms with Crippen LogP contribution in [0.15, 0.2) is 30.6 Å². The fourth-order valence-electron chi connectivity index (χ4n) is 1.70. The number of hydrogen-bond donors (Lipinski definition) is 2. The van der Waals surface area contributed by atoms with Gasteiger partial charge in [-0.25, -0.2) is 9.48 Å². The van der Waals surface area contributed by atoms with E-state index in [1.807, 2.05) is 6.92 Å². The van der Waals surface area contributed by atoms with E-state index in [9.17, 15) is 9.59 Å². The number of amides is 1. The van der Waals surface area contributed by atoms with Gasteiger partial charge in [0.2, 0.25) is 5.91 Å². The molecule has 0 spiro atoms. The molecule has 1 heterocycles. The van der Waals surface area contributed by atoms with E-state index in [-0.39, 0.29) is 11.5 Å². The molecule has 0 radical (unpaired) electrons. The predicted molar refractivity (Wildman–Crippen MR) is 69.6 cm³/mol. The maximum Gasteiger partial charge on any atom is 0.335 e. The quantitative estimate of drug-likeness (QED) is 0.880. The van der Waals surface area contributed by atoms with Crippen LogP contribution in [0.1, 0.15) is 22.8 Å². The minimum absolute atomic E-state index is 0.108. The maximum absolute atomic E-state index is 11.2. The molecule has 0 unspecified atom stereocenters. The smallest absolute Gasteiger partial charge is 0.335 e. The molecule has 1 aromatic heterocycles. The van der Waals surface area contributed by atoms with Crippen LogP contribution in [-0.4, -0.2) is 26.8 Å². The highest BCUT2D eigenvalue weighted by atomic mass is 16.4. The van der Waals surface area contributed by atoms with Crippen LogP contribution in [0.25, 0.3) is 5.69 Å².